The first-order chi connectivity index (χ1) is 9.75. The van der Waals surface area contributed by atoms with Gasteiger partial charge in [0.25, 0.3) is 0 Å². The Bertz CT molecular complexity index is 591. The smallest absolute Gasteiger partial charge is 0.326 e. The van der Waals surface area contributed by atoms with Crippen LogP contribution in [0.5, 0.6) is 0 Å². The minimum Gasteiger partial charge on any atom is -0.480 e. The van der Waals surface area contributed by atoms with Crippen LogP contribution in [0.3, 0.4) is 0 Å². The summed E-state index contributed by atoms with van der Waals surface area (Å²) in [6, 6.07) is -0.816. The molecule has 0 amide bonds. The number of halogens is 1. The van der Waals surface area contributed by atoms with Crippen molar-refractivity contribution in [1.82, 2.24) is 4.98 Å². The Labute approximate surface area is 130 Å². The largest absolute Gasteiger partial charge is 0.480 e. The van der Waals surface area contributed by atoms with Crippen LogP contribution in [0.25, 0.3) is 0 Å². The first kappa shape index (κ1) is 15.7. The number of carboxylic acid groups (broad SMARTS) is 1. The van der Waals surface area contributed by atoms with Gasteiger partial charge in [0.2, 0.25) is 0 Å². The number of aliphatic carboxylic acids is 1. The van der Waals surface area contributed by atoms with Crippen LogP contribution in [0.1, 0.15) is 26.7 Å². The summed E-state index contributed by atoms with van der Waals surface area (Å²) in [5.74, 6) is -0.974. The molecule has 1 aliphatic rings. The second kappa shape index (κ2) is 5.59. The minimum atomic E-state index is -0.974. The standard InChI is InChI=1S/C13H16BrN3O4/c1-13(2)4-3-5-16(11(13)12(18)19)10-8(14)6-15-7-9(10)17(20)21/h6-7,11H,3-5H2,1-2H3,(H,18,19). The van der Waals surface area contributed by atoms with Gasteiger partial charge in [0.1, 0.15) is 17.9 Å². The molecule has 1 atom stereocenters. The van der Waals surface area contributed by atoms with E-state index in [1.807, 2.05) is 13.8 Å². The van der Waals surface area contributed by atoms with Crippen LogP contribution in [0, 0.1) is 15.5 Å². The van der Waals surface area contributed by atoms with Gasteiger partial charge in [0, 0.05) is 12.7 Å². The van der Waals surface area contributed by atoms with Gasteiger partial charge in [-0.1, -0.05) is 13.8 Å². The second-order valence-corrected chi connectivity index (χ2v) is 6.63. The van der Waals surface area contributed by atoms with Crippen LogP contribution in [0.15, 0.2) is 16.9 Å². The predicted molar refractivity (Wildman–Crippen MR) is 80.4 cm³/mol. The molecule has 1 saturated heterocycles. The summed E-state index contributed by atoms with van der Waals surface area (Å²) < 4.78 is 0.431. The SMILES string of the molecule is CC1(C)CCCN(c2c(Br)cncc2[N+](=O)[O-])C1C(=O)O. The highest BCUT2D eigenvalue weighted by molar-refractivity contribution is 9.10. The fourth-order valence-electron chi connectivity index (χ4n) is 2.94. The molecule has 0 bridgehead atoms. The van der Waals surface area contributed by atoms with Crippen molar-refractivity contribution in [3.8, 4) is 0 Å². The van der Waals surface area contributed by atoms with E-state index in [0.717, 1.165) is 19.0 Å². The predicted octanol–water partition coefficient (Wildman–Crippen LogP) is 2.83. The highest BCUT2D eigenvalue weighted by Crippen LogP contribution is 2.43. The number of hydrogen-bond acceptors (Lipinski definition) is 5. The third-order valence-electron chi connectivity index (χ3n) is 3.84. The maximum atomic E-state index is 11.7. The zero-order valence-electron chi connectivity index (χ0n) is 11.7. The number of carbonyl (C=O) groups is 1. The van der Waals surface area contributed by atoms with Crippen molar-refractivity contribution in [2.24, 2.45) is 5.41 Å². The number of pyridine rings is 1. The molecule has 7 nitrogen and oxygen atoms in total. The van der Waals surface area contributed by atoms with Gasteiger partial charge in [-0.15, -0.1) is 0 Å². The number of piperidine rings is 1. The Hall–Kier alpha value is -1.70. The maximum absolute atomic E-state index is 11.7. The van der Waals surface area contributed by atoms with Crippen LogP contribution >= 0.6 is 15.9 Å². The summed E-state index contributed by atoms with van der Waals surface area (Å²) in [6.45, 7) is 4.21. The monoisotopic (exact) mass is 357 g/mol. The lowest BCUT2D eigenvalue weighted by atomic mass is 9.76. The first-order valence-electron chi connectivity index (χ1n) is 6.53. The van der Waals surface area contributed by atoms with E-state index in [0.29, 0.717) is 11.0 Å². The minimum absolute atomic E-state index is 0.187. The molecule has 1 unspecified atom stereocenters. The normalized spacial score (nSPS) is 21.1. The molecule has 1 N–H and O–H groups in total. The molecule has 1 aromatic rings. The lowest BCUT2D eigenvalue weighted by molar-refractivity contribution is -0.384. The van der Waals surface area contributed by atoms with Crippen LogP contribution < -0.4 is 4.90 Å². The summed E-state index contributed by atoms with van der Waals surface area (Å²) in [5, 5.41) is 20.8. The summed E-state index contributed by atoms with van der Waals surface area (Å²) in [6.07, 6.45) is 4.14. The van der Waals surface area contributed by atoms with Gasteiger partial charge in [0.15, 0.2) is 0 Å². The molecular weight excluding hydrogens is 342 g/mol. The highest BCUT2D eigenvalue weighted by atomic mass is 79.9. The van der Waals surface area contributed by atoms with E-state index < -0.39 is 22.3 Å². The highest BCUT2D eigenvalue weighted by Gasteiger charge is 2.44. The quantitative estimate of drug-likeness (QED) is 0.659. The van der Waals surface area contributed by atoms with Gasteiger partial charge in [-0.3, -0.25) is 15.1 Å². The van der Waals surface area contributed by atoms with Crippen LogP contribution in [0.4, 0.5) is 11.4 Å². The Morgan fingerprint density at radius 3 is 2.81 bits per heavy atom. The molecule has 21 heavy (non-hydrogen) atoms. The van der Waals surface area contributed by atoms with Gasteiger partial charge in [0.05, 0.1) is 9.40 Å². The summed E-state index contributed by atoms with van der Waals surface area (Å²) in [7, 11) is 0. The molecule has 1 fully saturated rings. The molecule has 2 heterocycles. The lowest BCUT2D eigenvalue weighted by Gasteiger charge is -2.45. The zero-order chi connectivity index (χ0) is 15.8. The number of rotatable bonds is 3. The Morgan fingerprint density at radius 1 is 1.57 bits per heavy atom. The number of carboxylic acids is 1. The molecule has 0 radical (unpaired) electrons. The number of anilines is 1. The van der Waals surface area contributed by atoms with Gasteiger partial charge in [-0.2, -0.15) is 0 Å². The number of nitrogens with zero attached hydrogens (tertiary/aromatic N) is 3. The van der Waals surface area contributed by atoms with E-state index in [4.69, 9.17) is 0 Å². The molecular formula is C13H16BrN3O4. The summed E-state index contributed by atoms with van der Waals surface area (Å²) >= 11 is 3.26. The summed E-state index contributed by atoms with van der Waals surface area (Å²) in [4.78, 5) is 27.8. The zero-order valence-corrected chi connectivity index (χ0v) is 13.3. The van der Waals surface area contributed by atoms with Crippen LogP contribution in [-0.2, 0) is 4.79 Å². The van der Waals surface area contributed by atoms with Crippen molar-refractivity contribution in [1.29, 1.82) is 0 Å². The molecule has 0 aliphatic carbocycles. The maximum Gasteiger partial charge on any atom is 0.326 e. The molecule has 1 aliphatic heterocycles. The van der Waals surface area contributed by atoms with Crippen molar-refractivity contribution in [2.45, 2.75) is 32.7 Å². The van der Waals surface area contributed by atoms with Crippen molar-refractivity contribution in [3.63, 3.8) is 0 Å². The number of hydrogen-bond donors (Lipinski definition) is 1. The van der Waals surface area contributed by atoms with Gasteiger partial charge in [-0.25, -0.2) is 4.79 Å². The van der Waals surface area contributed by atoms with E-state index >= 15 is 0 Å². The Morgan fingerprint density at radius 2 is 2.24 bits per heavy atom. The van der Waals surface area contributed by atoms with Crippen LogP contribution in [0.2, 0.25) is 0 Å². The third kappa shape index (κ3) is 2.85. The fraction of sp³-hybridized carbons (Fsp3) is 0.538. The molecule has 2 rings (SSSR count). The topological polar surface area (TPSA) is 96.6 Å². The Kier molecular flexibility index (Phi) is 4.18. The average molecular weight is 358 g/mol. The molecule has 1 aromatic heterocycles. The van der Waals surface area contributed by atoms with E-state index in [2.05, 4.69) is 20.9 Å². The van der Waals surface area contributed by atoms with Crippen molar-refractivity contribution in [2.75, 3.05) is 11.4 Å². The number of aromatic nitrogens is 1. The molecule has 0 spiro atoms. The summed E-state index contributed by atoms with van der Waals surface area (Å²) in [5.41, 5.74) is -0.371. The van der Waals surface area contributed by atoms with E-state index in [1.165, 1.54) is 6.20 Å². The average Bonchev–Trinajstić information content (AvgIpc) is 2.36. The van der Waals surface area contributed by atoms with Gasteiger partial charge < -0.3 is 10.0 Å². The first-order valence-corrected chi connectivity index (χ1v) is 7.32. The van der Waals surface area contributed by atoms with Crippen molar-refractivity contribution in [3.05, 3.63) is 27.0 Å². The van der Waals surface area contributed by atoms with Gasteiger partial charge >= 0.3 is 11.7 Å². The number of nitro groups is 1. The van der Waals surface area contributed by atoms with E-state index in [1.54, 1.807) is 4.90 Å². The van der Waals surface area contributed by atoms with Crippen molar-refractivity contribution >= 4 is 33.3 Å². The van der Waals surface area contributed by atoms with E-state index in [-0.39, 0.29) is 11.4 Å². The second-order valence-electron chi connectivity index (χ2n) is 5.77. The molecule has 0 saturated carbocycles. The lowest BCUT2D eigenvalue weighted by Crippen LogP contribution is -2.54. The fourth-order valence-corrected chi connectivity index (χ4v) is 3.49. The molecule has 8 heteroatoms. The molecule has 114 valence electrons. The van der Waals surface area contributed by atoms with Crippen LogP contribution in [-0.4, -0.2) is 33.6 Å². The van der Waals surface area contributed by atoms with Crippen molar-refractivity contribution < 1.29 is 14.8 Å². The molecule has 0 aromatic carbocycles. The van der Waals surface area contributed by atoms with Gasteiger partial charge in [-0.05, 0) is 34.2 Å². The third-order valence-corrected chi connectivity index (χ3v) is 4.42. The van der Waals surface area contributed by atoms with E-state index in [9.17, 15) is 20.0 Å². The Balaban J connectivity index is 2.59.